The number of rotatable bonds is 4. The molecule has 0 aliphatic heterocycles. The van der Waals surface area contributed by atoms with Gasteiger partial charge in [-0.3, -0.25) is 9.59 Å². The summed E-state index contributed by atoms with van der Waals surface area (Å²) in [6, 6.07) is 3.52. The van der Waals surface area contributed by atoms with Gasteiger partial charge in [0.2, 0.25) is 5.91 Å². The second kappa shape index (κ2) is 6.20. The van der Waals surface area contributed by atoms with Crippen LogP contribution in [0.15, 0.2) is 18.2 Å². The molecule has 0 spiro atoms. The summed E-state index contributed by atoms with van der Waals surface area (Å²) in [5.74, 6) is -3.65. The molecule has 1 amide bonds. The molecule has 1 fully saturated rings. The lowest BCUT2D eigenvalue weighted by molar-refractivity contribution is -0.141. The molecule has 114 valence electrons. The Morgan fingerprint density at radius 1 is 1.24 bits per heavy atom. The van der Waals surface area contributed by atoms with E-state index in [0.29, 0.717) is 24.8 Å². The molecule has 1 aromatic carbocycles. The Labute approximate surface area is 121 Å². The number of carboxylic acids is 1. The fraction of sp³-hybridized carbons (Fsp3) is 0.467. The molecular weight excluding hydrogens is 280 g/mol. The number of hydrogen-bond donors (Lipinski definition) is 1. The zero-order chi connectivity index (χ0) is 15.6. The number of carbonyl (C=O) groups is 2. The third kappa shape index (κ3) is 3.56. The first-order chi connectivity index (χ1) is 9.88. The Kier molecular flexibility index (Phi) is 4.55. The smallest absolute Gasteiger partial charge is 0.306 e. The van der Waals surface area contributed by atoms with Crippen LogP contribution in [0.4, 0.5) is 8.78 Å². The van der Waals surface area contributed by atoms with E-state index >= 15 is 0 Å². The fourth-order valence-electron chi connectivity index (χ4n) is 2.73. The minimum atomic E-state index is -0.944. The van der Waals surface area contributed by atoms with Crippen LogP contribution in [0.5, 0.6) is 0 Å². The van der Waals surface area contributed by atoms with Gasteiger partial charge in [-0.15, -0.1) is 0 Å². The van der Waals surface area contributed by atoms with Gasteiger partial charge in [-0.2, -0.15) is 0 Å². The molecule has 4 nitrogen and oxygen atoms in total. The van der Waals surface area contributed by atoms with E-state index in [1.54, 1.807) is 7.05 Å². The average molecular weight is 297 g/mol. The first-order valence-corrected chi connectivity index (χ1v) is 6.80. The van der Waals surface area contributed by atoms with Gasteiger partial charge in [0.1, 0.15) is 0 Å². The summed E-state index contributed by atoms with van der Waals surface area (Å²) in [6.07, 6.45) is 1.40. The Bertz CT molecular complexity index is 562. The summed E-state index contributed by atoms with van der Waals surface area (Å²) in [4.78, 5) is 24.6. The minimum absolute atomic E-state index is 0.150. The summed E-state index contributed by atoms with van der Waals surface area (Å²) in [5.41, 5.74) is 0.498. The molecule has 2 unspecified atom stereocenters. The van der Waals surface area contributed by atoms with E-state index in [0.717, 1.165) is 12.1 Å². The summed E-state index contributed by atoms with van der Waals surface area (Å²) < 4.78 is 26.0. The number of carboxylic acid groups (broad SMARTS) is 1. The molecular formula is C15H17F2NO3. The third-order valence-electron chi connectivity index (χ3n) is 3.91. The van der Waals surface area contributed by atoms with E-state index in [9.17, 15) is 18.4 Å². The molecule has 0 saturated heterocycles. The highest BCUT2D eigenvalue weighted by molar-refractivity contribution is 5.80. The van der Waals surface area contributed by atoms with Crippen molar-refractivity contribution in [1.82, 2.24) is 4.90 Å². The van der Waals surface area contributed by atoms with E-state index in [-0.39, 0.29) is 18.4 Å². The molecule has 2 atom stereocenters. The van der Waals surface area contributed by atoms with Gasteiger partial charge < -0.3 is 10.0 Å². The van der Waals surface area contributed by atoms with Crippen LogP contribution < -0.4 is 0 Å². The molecule has 1 N–H and O–H groups in total. The van der Waals surface area contributed by atoms with Crippen molar-refractivity contribution in [3.05, 3.63) is 35.4 Å². The lowest BCUT2D eigenvalue weighted by atomic mass is 10.0. The van der Waals surface area contributed by atoms with Crippen molar-refractivity contribution in [2.24, 2.45) is 11.8 Å². The third-order valence-corrected chi connectivity index (χ3v) is 3.91. The molecule has 1 aromatic rings. The quantitative estimate of drug-likeness (QED) is 0.928. The minimum Gasteiger partial charge on any atom is -0.481 e. The van der Waals surface area contributed by atoms with Crippen molar-refractivity contribution in [3.63, 3.8) is 0 Å². The summed E-state index contributed by atoms with van der Waals surface area (Å²) in [7, 11) is 1.58. The highest BCUT2D eigenvalue weighted by atomic mass is 19.2. The molecule has 1 aliphatic carbocycles. The second-order valence-corrected chi connectivity index (χ2v) is 5.49. The van der Waals surface area contributed by atoms with Crippen molar-refractivity contribution < 1.29 is 23.5 Å². The number of halogens is 2. The number of nitrogens with zero attached hydrogens (tertiary/aromatic N) is 1. The lowest BCUT2D eigenvalue weighted by Gasteiger charge is -2.21. The molecule has 1 saturated carbocycles. The Hall–Kier alpha value is -1.98. The van der Waals surface area contributed by atoms with Crippen molar-refractivity contribution in [3.8, 4) is 0 Å². The highest BCUT2D eigenvalue weighted by Gasteiger charge is 2.35. The maximum Gasteiger partial charge on any atom is 0.306 e. The maximum atomic E-state index is 13.1. The first-order valence-electron chi connectivity index (χ1n) is 6.80. The summed E-state index contributed by atoms with van der Waals surface area (Å²) in [6.45, 7) is 0.171. The van der Waals surface area contributed by atoms with E-state index < -0.39 is 23.5 Å². The first kappa shape index (κ1) is 15.4. The van der Waals surface area contributed by atoms with E-state index in [1.807, 2.05) is 0 Å². The van der Waals surface area contributed by atoms with Gasteiger partial charge in [-0.1, -0.05) is 6.07 Å². The molecule has 21 heavy (non-hydrogen) atoms. The van der Waals surface area contributed by atoms with Crippen LogP contribution in [0.2, 0.25) is 0 Å². The molecule has 0 radical (unpaired) electrons. The van der Waals surface area contributed by atoms with Gasteiger partial charge in [0.25, 0.3) is 0 Å². The zero-order valence-electron chi connectivity index (χ0n) is 11.7. The molecule has 0 aromatic heterocycles. The van der Waals surface area contributed by atoms with Crippen molar-refractivity contribution in [2.45, 2.75) is 25.8 Å². The van der Waals surface area contributed by atoms with Gasteiger partial charge in [0.15, 0.2) is 11.6 Å². The van der Waals surface area contributed by atoms with Crippen molar-refractivity contribution >= 4 is 11.9 Å². The Balaban J connectivity index is 1.96. The van der Waals surface area contributed by atoms with E-state index in [2.05, 4.69) is 0 Å². The van der Waals surface area contributed by atoms with Gasteiger partial charge in [0, 0.05) is 19.5 Å². The largest absolute Gasteiger partial charge is 0.481 e. The summed E-state index contributed by atoms with van der Waals surface area (Å²) >= 11 is 0. The molecule has 1 aliphatic rings. The molecule has 6 heteroatoms. The van der Waals surface area contributed by atoms with Gasteiger partial charge in [-0.25, -0.2) is 8.78 Å². The van der Waals surface area contributed by atoms with Crippen LogP contribution in [0, 0.1) is 23.5 Å². The maximum absolute atomic E-state index is 13.1. The van der Waals surface area contributed by atoms with Crippen LogP contribution in [0.1, 0.15) is 24.8 Å². The van der Waals surface area contributed by atoms with Crippen LogP contribution in [0.25, 0.3) is 0 Å². The highest BCUT2D eigenvalue weighted by Crippen LogP contribution is 2.32. The number of carbonyl (C=O) groups excluding carboxylic acids is 1. The SMILES string of the molecule is CN(Cc1ccc(F)c(F)c1)C(=O)C1CCC(C(=O)O)C1. The topological polar surface area (TPSA) is 57.6 Å². The van der Waals surface area contributed by atoms with E-state index in [1.165, 1.54) is 11.0 Å². The number of benzene rings is 1. The number of aliphatic carboxylic acids is 1. The monoisotopic (exact) mass is 297 g/mol. The predicted molar refractivity (Wildman–Crippen MR) is 71.3 cm³/mol. The van der Waals surface area contributed by atoms with Gasteiger partial charge >= 0.3 is 5.97 Å². The summed E-state index contributed by atoms with van der Waals surface area (Å²) in [5, 5.41) is 8.94. The van der Waals surface area contributed by atoms with Crippen LogP contribution in [-0.4, -0.2) is 28.9 Å². The second-order valence-electron chi connectivity index (χ2n) is 5.49. The van der Waals surface area contributed by atoms with Gasteiger partial charge in [0.05, 0.1) is 5.92 Å². The molecule has 2 rings (SSSR count). The predicted octanol–water partition coefficient (Wildman–Crippen LogP) is 2.42. The molecule has 0 heterocycles. The Morgan fingerprint density at radius 2 is 1.90 bits per heavy atom. The van der Waals surface area contributed by atoms with Gasteiger partial charge in [-0.05, 0) is 37.0 Å². The lowest BCUT2D eigenvalue weighted by Crippen LogP contribution is -2.31. The van der Waals surface area contributed by atoms with Crippen molar-refractivity contribution in [2.75, 3.05) is 7.05 Å². The zero-order valence-corrected chi connectivity index (χ0v) is 11.7. The number of hydrogen-bond acceptors (Lipinski definition) is 2. The van der Waals surface area contributed by atoms with Crippen LogP contribution in [0.3, 0.4) is 0 Å². The fourth-order valence-corrected chi connectivity index (χ4v) is 2.73. The number of amides is 1. The standard InChI is InChI=1S/C15H17F2NO3/c1-18(8-9-2-5-12(16)13(17)6-9)14(19)10-3-4-11(7-10)15(20)21/h2,5-6,10-11H,3-4,7-8H2,1H3,(H,20,21). The average Bonchev–Trinajstić information content (AvgIpc) is 2.92. The normalized spacial score (nSPS) is 21.3. The van der Waals surface area contributed by atoms with E-state index in [4.69, 9.17) is 5.11 Å². The molecule has 0 bridgehead atoms. The van der Waals surface area contributed by atoms with Crippen molar-refractivity contribution in [1.29, 1.82) is 0 Å². The Morgan fingerprint density at radius 3 is 2.48 bits per heavy atom. The van der Waals surface area contributed by atoms with Crippen LogP contribution in [-0.2, 0) is 16.1 Å². The van der Waals surface area contributed by atoms with Crippen LogP contribution >= 0.6 is 0 Å².